The number of benzene rings is 2. The summed E-state index contributed by atoms with van der Waals surface area (Å²) in [4.78, 5) is 37.3. The molecule has 0 amide bonds. The second-order valence-corrected chi connectivity index (χ2v) is 8.50. The summed E-state index contributed by atoms with van der Waals surface area (Å²) >= 11 is 0. The summed E-state index contributed by atoms with van der Waals surface area (Å²) in [6.45, 7) is 2.42. The van der Waals surface area contributed by atoms with E-state index < -0.39 is 34.2 Å². The lowest BCUT2D eigenvalue weighted by Crippen LogP contribution is -2.40. The number of aliphatic hydroxyl groups excluding tert-OH is 2. The van der Waals surface area contributed by atoms with Crippen LogP contribution in [0.15, 0.2) is 44.7 Å². The van der Waals surface area contributed by atoms with Gasteiger partial charge in [-0.15, -0.1) is 4.91 Å². The molecule has 0 aliphatic carbocycles. The molecule has 3 N–H and O–H groups in total. The number of nitrogens with zero attached hydrogens (tertiary/aromatic N) is 3. The fourth-order valence-electron chi connectivity index (χ4n) is 4.60. The molecule has 0 bridgehead atoms. The lowest BCUT2D eigenvalue weighted by atomic mass is 9.84. The highest BCUT2D eigenvalue weighted by atomic mass is 16.6. The fraction of sp³-hybridized carbons (Fsp3) is 0.348. The van der Waals surface area contributed by atoms with Gasteiger partial charge >= 0.3 is 0 Å². The Hall–Kier alpha value is -3.67. The number of hydrogen-bond donors (Lipinski definition) is 3. The molecule has 1 fully saturated rings. The van der Waals surface area contributed by atoms with Gasteiger partial charge in [-0.2, -0.15) is 0 Å². The van der Waals surface area contributed by atoms with Crippen molar-refractivity contribution in [3.05, 3.63) is 78.0 Å². The molecular weight excluding hydrogens is 446 g/mol. The smallest absolute Gasteiger partial charge is 0.269 e. The number of phenols is 1. The summed E-state index contributed by atoms with van der Waals surface area (Å²) < 4.78 is 5.91. The van der Waals surface area contributed by atoms with Crippen molar-refractivity contribution in [2.75, 3.05) is 20.1 Å². The average Bonchev–Trinajstić information content (AvgIpc) is 2.79. The molecule has 3 aromatic rings. The molecule has 0 saturated carbocycles. The summed E-state index contributed by atoms with van der Waals surface area (Å²) in [5.41, 5.74) is -0.792. The number of aryl methyl sites for hydroxylation is 1. The summed E-state index contributed by atoms with van der Waals surface area (Å²) in [5.74, 6) is -1.06. The molecule has 3 atom stereocenters. The molecule has 3 unspecified atom stereocenters. The van der Waals surface area contributed by atoms with E-state index in [9.17, 15) is 35.1 Å². The molecule has 11 nitrogen and oxygen atoms in total. The molecule has 0 spiro atoms. The maximum atomic E-state index is 13.5. The quantitative estimate of drug-likeness (QED) is 0.289. The Labute approximate surface area is 193 Å². The van der Waals surface area contributed by atoms with E-state index in [4.69, 9.17) is 4.42 Å². The van der Waals surface area contributed by atoms with Crippen LogP contribution >= 0.6 is 0 Å². The molecule has 2 heterocycles. The number of fused-ring (bicyclic) bond motifs is 1. The van der Waals surface area contributed by atoms with Gasteiger partial charge in [0.1, 0.15) is 34.3 Å². The first-order chi connectivity index (χ1) is 16.1. The Morgan fingerprint density at radius 3 is 2.56 bits per heavy atom. The van der Waals surface area contributed by atoms with E-state index >= 15 is 0 Å². The molecular formula is C23H23N3O8. The van der Waals surface area contributed by atoms with Gasteiger partial charge in [-0.1, -0.05) is 0 Å². The van der Waals surface area contributed by atoms with Gasteiger partial charge in [-0.3, -0.25) is 14.9 Å². The zero-order valence-electron chi connectivity index (χ0n) is 18.5. The maximum Gasteiger partial charge on any atom is 0.269 e. The van der Waals surface area contributed by atoms with E-state index in [0.29, 0.717) is 19.5 Å². The summed E-state index contributed by atoms with van der Waals surface area (Å²) in [6.07, 6.45) is -1.87. The lowest BCUT2D eigenvalue weighted by molar-refractivity contribution is -0.384. The molecule has 34 heavy (non-hydrogen) atoms. The van der Waals surface area contributed by atoms with Crippen molar-refractivity contribution in [1.29, 1.82) is 0 Å². The van der Waals surface area contributed by atoms with Crippen LogP contribution in [0.25, 0.3) is 11.0 Å². The van der Waals surface area contributed by atoms with Gasteiger partial charge in [0, 0.05) is 36.2 Å². The van der Waals surface area contributed by atoms with Gasteiger partial charge in [0.05, 0.1) is 16.6 Å². The number of nitro benzene ring substituents is 1. The van der Waals surface area contributed by atoms with Gasteiger partial charge in [-0.05, 0) is 49.8 Å². The molecule has 4 rings (SSSR count). The first kappa shape index (κ1) is 23.5. The SMILES string of the molecule is Cc1oc2c(C3CCN(C)CC3O)c(N=O)cc(O)c2c(=O)c1C(O)c1ccc([N+](=O)[O-])cc1. The topological polar surface area (TPSA) is 167 Å². The number of rotatable bonds is 5. The Kier molecular flexibility index (Phi) is 6.17. The minimum atomic E-state index is -1.48. The minimum absolute atomic E-state index is 0.0365. The van der Waals surface area contributed by atoms with E-state index in [1.54, 1.807) is 0 Å². The molecule has 1 aliphatic rings. The zero-order valence-corrected chi connectivity index (χ0v) is 18.5. The number of piperidine rings is 1. The predicted octanol–water partition coefficient (Wildman–Crippen LogP) is 2.97. The average molecular weight is 469 g/mol. The Morgan fingerprint density at radius 1 is 1.29 bits per heavy atom. The normalized spacial score (nSPS) is 19.8. The van der Waals surface area contributed by atoms with Crippen LogP contribution in [-0.2, 0) is 0 Å². The second-order valence-electron chi connectivity index (χ2n) is 8.50. The molecule has 178 valence electrons. The Bertz CT molecular complexity index is 1340. The van der Waals surface area contributed by atoms with E-state index in [1.807, 2.05) is 11.9 Å². The Morgan fingerprint density at radius 2 is 1.97 bits per heavy atom. The number of likely N-dealkylation sites (tertiary alicyclic amines) is 1. The highest BCUT2D eigenvalue weighted by Crippen LogP contribution is 2.43. The fourth-order valence-corrected chi connectivity index (χ4v) is 4.60. The van der Waals surface area contributed by atoms with Crippen molar-refractivity contribution in [2.24, 2.45) is 5.18 Å². The molecule has 1 aliphatic heterocycles. The second kappa shape index (κ2) is 8.93. The first-order valence-electron chi connectivity index (χ1n) is 10.6. The number of aliphatic hydroxyl groups is 2. The number of phenolic OH excluding ortho intramolecular Hbond substituents is 1. The van der Waals surface area contributed by atoms with Gasteiger partial charge in [0.2, 0.25) is 5.43 Å². The highest BCUT2D eigenvalue weighted by Gasteiger charge is 2.34. The van der Waals surface area contributed by atoms with Gasteiger partial charge in [0.25, 0.3) is 5.69 Å². The summed E-state index contributed by atoms with van der Waals surface area (Å²) in [6, 6.07) is 6.12. The summed E-state index contributed by atoms with van der Waals surface area (Å²) in [7, 11) is 1.85. The van der Waals surface area contributed by atoms with Gasteiger partial charge < -0.3 is 24.6 Å². The molecule has 1 saturated heterocycles. The predicted molar refractivity (Wildman–Crippen MR) is 122 cm³/mol. The first-order valence-corrected chi connectivity index (χ1v) is 10.6. The number of nitroso groups, excluding NO2 is 1. The van der Waals surface area contributed by atoms with Crippen molar-refractivity contribution in [3.8, 4) is 5.75 Å². The van der Waals surface area contributed by atoms with E-state index in [1.165, 1.54) is 31.2 Å². The number of non-ortho nitro benzene ring substituents is 1. The third-order valence-electron chi connectivity index (χ3n) is 6.33. The van der Waals surface area contributed by atoms with Crippen LogP contribution in [0.4, 0.5) is 11.4 Å². The highest BCUT2D eigenvalue weighted by molar-refractivity contribution is 5.91. The minimum Gasteiger partial charge on any atom is -0.507 e. The van der Waals surface area contributed by atoms with Crippen LogP contribution in [0.1, 0.15) is 40.9 Å². The standard InChI is InChI=1S/C23H23N3O8/c1-11-18(21(29)12-3-5-13(6-4-12)26(32)33)22(30)20-16(27)9-15(24-31)19(23(20)34-11)14-7-8-25(2)10-17(14)28/h3-6,9,14,17,21,27-29H,7-8,10H2,1-2H3. The molecule has 11 heteroatoms. The van der Waals surface area contributed by atoms with Crippen molar-refractivity contribution in [1.82, 2.24) is 4.90 Å². The summed E-state index contributed by atoms with van der Waals surface area (Å²) in [5, 5.41) is 45.8. The van der Waals surface area contributed by atoms with Crippen molar-refractivity contribution >= 4 is 22.3 Å². The van der Waals surface area contributed by atoms with Crippen LogP contribution in [0.3, 0.4) is 0 Å². The maximum absolute atomic E-state index is 13.5. The third-order valence-corrected chi connectivity index (χ3v) is 6.33. The van der Waals surface area contributed by atoms with E-state index in [0.717, 1.165) is 6.07 Å². The third kappa shape index (κ3) is 3.94. The number of aromatic hydroxyl groups is 1. The van der Waals surface area contributed by atoms with Crippen molar-refractivity contribution < 1.29 is 24.7 Å². The number of hydrogen-bond acceptors (Lipinski definition) is 10. The number of nitro groups is 1. The van der Waals surface area contributed by atoms with E-state index in [2.05, 4.69) is 5.18 Å². The molecule has 2 aromatic carbocycles. The van der Waals surface area contributed by atoms with Crippen molar-refractivity contribution in [2.45, 2.75) is 31.5 Å². The number of β-amino-alcohol motifs (C(OH)–C–C–N with tert-alkyl or cyclic N) is 1. The monoisotopic (exact) mass is 469 g/mol. The Balaban J connectivity index is 1.91. The molecule has 1 aromatic heterocycles. The van der Waals surface area contributed by atoms with Crippen LogP contribution in [0.5, 0.6) is 5.75 Å². The zero-order chi connectivity index (χ0) is 24.7. The lowest BCUT2D eigenvalue weighted by Gasteiger charge is -2.34. The van der Waals surface area contributed by atoms with E-state index in [-0.39, 0.29) is 44.8 Å². The van der Waals surface area contributed by atoms with Gasteiger partial charge in [0.15, 0.2) is 0 Å². The largest absolute Gasteiger partial charge is 0.507 e. The van der Waals surface area contributed by atoms with Crippen LogP contribution in [0, 0.1) is 21.9 Å². The van der Waals surface area contributed by atoms with Crippen LogP contribution < -0.4 is 5.43 Å². The van der Waals surface area contributed by atoms with Crippen LogP contribution in [-0.4, -0.2) is 51.4 Å². The van der Waals surface area contributed by atoms with Crippen molar-refractivity contribution in [3.63, 3.8) is 0 Å². The van der Waals surface area contributed by atoms with Crippen LogP contribution in [0.2, 0.25) is 0 Å². The van der Waals surface area contributed by atoms with Gasteiger partial charge in [-0.25, -0.2) is 0 Å². The molecule has 0 radical (unpaired) electrons. The number of likely N-dealkylation sites (N-methyl/N-ethyl adjacent to an activating group) is 1.